The van der Waals surface area contributed by atoms with Crippen LogP contribution in [0, 0.1) is 11.2 Å². The molecule has 1 amide bonds. The van der Waals surface area contributed by atoms with Crippen molar-refractivity contribution < 1.29 is 9.18 Å². The molecule has 1 aromatic carbocycles. The predicted octanol–water partition coefficient (Wildman–Crippen LogP) is 2.49. The average Bonchev–Trinajstić information content (AvgIpc) is 2.90. The smallest absolute Gasteiger partial charge is 0.227 e. The van der Waals surface area contributed by atoms with Crippen LogP contribution in [0.25, 0.3) is 0 Å². The van der Waals surface area contributed by atoms with E-state index in [2.05, 4.69) is 10.6 Å². The van der Waals surface area contributed by atoms with E-state index in [4.69, 9.17) is 11.6 Å². The standard InChI is InChI=1S/C14H18ClFN2O/c1-2-14(5-6-17-9-14)13(19)18-8-10-3-4-12(16)11(15)7-10/h3-4,7,17H,2,5-6,8-9H2,1H3,(H,18,19). The SMILES string of the molecule is CCC1(C(=O)NCc2ccc(F)c(Cl)c2)CCNC1. The van der Waals surface area contributed by atoms with Gasteiger partial charge in [-0.3, -0.25) is 4.79 Å². The third-order valence-corrected chi connectivity index (χ3v) is 4.13. The van der Waals surface area contributed by atoms with E-state index in [1.807, 2.05) is 6.92 Å². The van der Waals surface area contributed by atoms with E-state index in [-0.39, 0.29) is 16.3 Å². The van der Waals surface area contributed by atoms with Gasteiger partial charge in [0.1, 0.15) is 5.82 Å². The third kappa shape index (κ3) is 3.07. The fourth-order valence-corrected chi connectivity index (χ4v) is 2.62. The monoisotopic (exact) mass is 284 g/mol. The Labute approximate surface area is 117 Å². The maximum absolute atomic E-state index is 13.0. The summed E-state index contributed by atoms with van der Waals surface area (Å²) in [6.45, 7) is 4.01. The molecule has 19 heavy (non-hydrogen) atoms. The van der Waals surface area contributed by atoms with Crippen molar-refractivity contribution in [2.75, 3.05) is 13.1 Å². The van der Waals surface area contributed by atoms with Crippen LogP contribution < -0.4 is 10.6 Å². The van der Waals surface area contributed by atoms with Gasteiger partial charge in [0, 0.05) is 13.1 Å². The minimum Gasteiger partial charge on any atom is -0.352 e. The molecular formula is C14H18ClFN2O. The summed E-state index contributed by atoms with van der Waals surface area (Å²) >= 11 is 5.71. The Balaban J connectivity index is 1.98. The maximum Gasteiger partial charge on any atom is 0.227 e. The highest BCUT2D eigenvalue weighted by Crippen LogP contribution is 2.29. The van der Waals surface area contributed by atoms with Gasteiger partial charge in [0.2, 0.25) is 5.91 Å². The van der Waals surface area contributed by atoms with Crippen LogP contribution >= 0.6 is 11.6 Å². The Bertz CT molecular complexity index is 473. The first-order valence-electron chi connectivity index (χ1n) is 6.50. The van der Waals surface area contributed by atoms with Crippen molar-refractivity contribution in [3.8, 4) is 0 Å². The molecule has 1 aliphatic rings. The molecule has 1 unspecified atom stereocenters. The summed E-state index contributed by atoms with van der Waals surface area (Å²) in [6, 6.07) is 4.49. The first-order chi connectivity index (χ1) is 9.07. The Hall–Kier alpha value is -1.13. The highest BCUT2D eigenvalue weighted by Gasteiger charge is 2.39. The van der Waals surface area contributed by atoms with Gasteiger partial charge in [-0.2, -0.15) is 0 Å². The van der Waals surface area contributed by atoms with Gasteiger partial charge in [-0.05, 0) is 37.1 Å². The number of rotatable bonds is 4. The zero-order valence-electron chi connectivity index (χ0n) is 10.9. The molecule has 0 radical (unpaired) electrons. The zero-order valence-corrected chi connectivity index (χ0v) is 11.7. The molecule has 1 aromatic rings. The van der Waals surface area contributed by atoms with Gasteiger partial charge in [0.15, 0.2) is 0 Å². The van der Waals surface area contributed by atoms with Crippen LogP contribution in [0.5, 0.6) is 0 Å². The lowest BCUT2D eigenvalue weighted by atomic mass is 9.83. The van der Waals surface area contributed by atoms with Gasteiger partial charge < -0.3 is 10.6 Å². The van der Waals surface area contributed by atoms with Crippen LogP contribution in [0.2, 0.25) is 5.02 Å². The fourth-order valence-electron chi connectivity index (χ4n) is 2.42. The Morgan fingerprint density at radius 3 is 2.95 bits per heavy atom. The molecule has 0 aromatic heterocycles. The van der Waals surface area contributed by atoms with Crippen molar-refractivity contribution in [2.24, 2.45) is 5.41 Å². The van der Waals surface area contributed by atoms with Crippen LogP contribution in [0.4, 0.5) is 4.39 Å². The number of hydrogen-bond acceptors (Lipinski definition) is 2. The van der Waals surface area contributed by atoms with Gasteiger partial charge >= 0.3 is 0 Å². The molecule has 104 valence electrons. The van der Waals surface area contributed by atoms with Crippen LogP contribution in [0.15, 0.2) is 18.2 Å². The normalized spacial score (nSPS) is 22.5. The van der Waals surface area contributed by atoms with Gasteiger partial charge in [-0.15, -0.1) is 0 Å². The molecule has 2 N–H and O–H groups in total. The lowest BCUT2D eigenvalue weighted by Crippen LogP contribution is -2.41. The fraction of sp³-hybridized carbons (Fsp3) is 0.500. The molecular weight excluding hydrogens is 267 g/mol. The maximum atomic E-state index is 13.0. The van der Waals surface area contributed by atoms with E-state index in [0.29, 0.717) is 6.54 Å². The minimum atomic E-state index is -0.443. The number of benzene rings is 1. The van der Waals surface area contributed by atoms with Crippen molar-refractivity contribution >= 4 is 17.5 Å². The summed E-state index contributed by atoms with van der Waals surface area (Å²) < 4.78 is 13.0. The van der Waals surface area contributed by atoms with Crippen LogP contribution in [0.1, 0.15) is 25.3 Å². The van der Waals surface area contributed by atoms with E-state index in [0.717, 1.165) is 31.5 Å². The van der Waals surface area contributed by atoms with E-state index in [1.54, 1.807) is 12.1 Å². The summed E-state index contributed by atoms with van der Waals surface area (Å²) in [4.78, 5) is 12.3. The number of carbonyl (C=O) groups is 1. The number of carbonyl (C=O) groups excluding carboxylic acids is 1. The summed E-state index contributed by atoms with van der Waals surface area (Å²) in [5, 5.41) is 6.23. The predicted molar refractivity (Wildman–Crippen MR) is 73.5 cm³/mol. The first-order valence-corrected chi connectivity index (χ1v) is 6.88. The Morgan fingerprint density at radius 1 is 1.58 bits per heavy atom. The topological polar surface area (TPSA) is 41.1 Å². The molecule has 1 aliphatic heterocycles. The molecule has 0 aliphatic carbocycles. The summed E-state index contributed by atoms with van der Waals surface area (Å²) in [6.07, 6.45) is 1.68. The highest BCUT2D eigenvalue weighted by molar-refractivity contribution is 6.30. The van der Waals surface area contributed by atoms with Crippen LogP contribution in [0.3, 0.4) is 0 Å². The third-order valence-electron chi connectivity index (χ3n) is 3.84. The minimum absolute atomic E-state index is 0.0560. The molecule has 3 nitrogen and oxygen atoms in total. The molecule has 0 saturated carbocycles. The van der Waals surface area contributed by atoms with Crippen molar-refractivity contribution in [3.63, 3.8) is 0 Å². The highest BCUT2D eigenvalue weighted by atomic mass is 35.5. The molecule has 5 heteroatoms. The van der Waals surface area contributed by atoms with E-state index in [1.165, 1.54) is 6.07 Å². The largest absolute Gasteiger partial charge is 0.352 e. The van der Waals surface area contributed by atoms with Gasteiger partial charge in [-0.25, -0.2) is 4.39 Å². The summed E-state index contributed by atoms with van der Waals surface area (Å²) in [5.41, 5.74) is 0.501. The van der Waals surface area contributed by atoms with Crippen molar-refractivity contribution in [2.45, 2.75) is 26.3 Å². The molecule has 2 rings (SSSR count). The van der Waals surface area contributed by atoms with Gasteiger partial charge in [0.05, 0.1) is 10.4 Å². The quantitative estimate of drug-likeness (QED) is 0.892. The Kier molecular flexibility index (Phi) is 4.42. The lowest BCUT2D eigenvalue weighted by Gasteiger charge is -2.25. The summed E-state index contributed by atoms with van der Waals surface area (Å²) in [7, 11) is 0. The lowest BCUT2D eigenvalue weighted by molar-refractivity contribution is -0.130. The molecule has 1 heterocycles. The van der Waals surface area contributed by atoms with E-state index < -0.39 is 5.82 Å². The van der Waals surface area contributed by atoms with E-state index >= 15 is 0 Å². The van der Waals surface area contributed by atoms with Crippen molar-refractivity contribution in [3.05, 3.63) is 34.6 Å². The van der Waals surface area contributed by atoms with E-state index in [9.17, 15) is 9.18 Å². The molecule has 0 bridgehead atoms. The second-order valence-electron chi connectivity index (χ2n) is 4.99. The van der Waals surface area contributed by atoms with Gasteiger partial charge in [-0.1, -0.05) is 24.6 Å². The number of nitrogens with one attached hydrogen (secondary N) is 2. The second-order valence-corrected chi connectivity index (χ2v) is 5.40. The first kappa shape index (κ1) is 14.3. The Morgan fingerprint density at radius 2 is 2.37 bits per heavy atom. The average molecular weight is 285 g/mol. The van der Waals surface area contributed by atoms with Crippen molar-refractivity contribution in [1.82, 2.24) is 10.6 Å². The number of hydrogen-bond donors (Lipinski definition) is 2. The van der Waals surface area contributed by atoms with Gasteiger partial charge in [0.25, 0.3) is 0 Å². The molecule has 0 spiro atoms. The van der Waals surface area contributed by atoms with Crippen LogP contribution in [-0.4, -0.2) is 19.0 Å². The molecule has 1 saturated heterocycles. The summed E-state index contributed by atoms with van der Waals surface area (Å²) in [5.74, 6) is -0.387. The molecule has 1 fully saturated rings. The van der Waals surface area contributed by atoms with Crippen molar-refractivity contribution in [1.29, 1.82) is 0 Å². The zero-order chi connectivity index (χ0) is 13.9. The number of amides is 1. The number of halogens is 2. The second kappa shape index (κ2) is 5.88. The van der Waals surface area contributed by atoms with Crippen LogP contribution in [-0.2, 0) is 11.3 Å². The molecule has 1 atom stereocenters.